The Labute approximate surface area is 258 Å². The Hall–Kier alpha value is -3.38. The highest BCUT2D eigenvalue weighted by Crippen LogP contribution is 2.32. The van der Waals surface area contributed by atoms with E-state index in [9.17, 15) is 31.2 Å². The number of hydrogen-bond donors (Lipinski definition) is 1. The van der Waals surface area contributed by atoms with E-state index in [1.165, 1.54) is 11.0 Å². The molecule has 7 nitrogen and oxygen atoms in total. The first-order chi connectivity index (χ1) is 20.3. The highest BCUT2D eigenvalue weighted by Gasteiger charge is 2.35. The lowest BCUT2D eigenvalue weighted by atomic mass is 10.0. The largest absolute Gasteiger partial charge is 0.416 e. The molecule has 0 bridgehead atoms. The van der Waals surface area contributed by atoms with Gasteiger partial charge in [0.05, 0.1) is 17.5 Å². The molecule has 0 spiro atoms. The van der Waals surface area contributed by atoms with E-state index in [0.717, 1.165) is 54.1 Å². The van der Waals surface area contributed by atoms with Crippen molar-refractivity contribution >= 4 is 43.5 Å². The van der Waals surface area contributed by atoms with Crippen molar-refractivity contribution in [2.75, 3.05) is 17.1 Å². The van der Waals surface area contributed by atoms with Gasteiger partial charge in [-0.05, 0) is 54.3 Å². The zero-order valence-electron chi connectivity index (χ0n) is 23.6. The number of carbonyl (C=O) groups excluding carboxylic acids is 2. The third kappa shape index (κ3) is 9.06. The van der Waals surface area contributed by atoms with Crippen LogP contribution in [0.3, 0.4) is 0 Å². The van der Waals surface area contributed by atoms with Gasteiger partial charge in [-0.15, -0.1) is 0 Å². The molecule has 0 saturated heterocycles. The number of sulfonamides is 1. The van der Waals surface area contributed by atoms with Gasteiger partial charge in [0.15, 0.2) is 0 Å². The summed E-state index contributed by atoms with van der Waals surface area (Å²) >= 11 is 3.42. The van der Waals surface area contributed by atoms with Crippen LogP contribution in [0.4, 0.5) is 18.9 Å². The standard InChI is InChI=1S/C31H33BrF3N3O4S/c1-43(41,42)38(27-16-8-12-24(19-27)31(33,34)35)21-29(39)37(20-23-11-7-13-25(32)17-23)28(18-22-9-3-2-4-10-22)30(40)36-26-14-5-6-15-26/h2-4,7-13,16-17,19,26,28H,5-6,14-15,18,20-21H2,1H3,(H,36,40). The van der Waals surface area contributed by atoms with E-state index in [-0.39, 0.29) is 30.6 Å². The monoisotopic (exact) mass is 679 g/mol. The van der Waals surface area contributed by atoms with Crippen LogP contribution in [-0.4, -0.2) is 50.0 Å². The maximum absolute atomic E-state index is 14.1. The van der Waals surface area contributed by atoms with Gasteiger partial charge in [0, 0.05) is 23.5 Å². The molecule has 1 N–H and O–H groups in total. The molecule has 0 heterocycles. The Morgan fingerprint density at radius 1 is 0.953 bits per heavy atom. The molecule has 3 aromatic rings. The predicted octanol–water partition coefficient (Wildman–Crippen LogP) is 5.93. The third-order valence-electron chi connectivity index (χ3n) is 7.36. The summed E-state index contributed by atoms with van der Waals surface area (Å²) < 4.78 is 67.5. The topological polar surface area (TPSA) is 86.8 Å². The number of anilines is 1. The first kappa shape index (κ1) is 32.5. The van der Waals surface area contributed by atoms with E-state index in [1.54, 1.807) is 18.2 Å². The minimum absolute atomic E-state index is 0.0337. The van der Waals surface area contributed by atoms with Crippen molar-refractivity contribution in [3.8, 4) is 0 Å². The highest BCUT2D eigenvalue weighted by molar-refractivity contribution is 9.10. The Morgan fingerprint density at radius 2 is 1.60 bits per heavy atom. The number of nitrogens with zero attached hydrogens (tertiary/aromatic N) is 2. The van der Waals surface area contributed by atoms with Crippen molar-refractivity contribution in [2.45, 2.75) is 56.9 Å². The first-order valence-electron chi connectivity index (χ1n) is 13.8. The smallest absolute Gasteiger partial charge is 0.352 e. The summed E-state index contributed by atoms with van der Waals surface area (Å²) in [5.41, 5.74) is 0.122. The summed E-state index contributed by atoms with van der Waals surface area (Å²) in [5.74, 6) is -1.10. The van der Waals surface area contributed by atoms with Crippen molar-refractivity contribution in [2.24, 2.45) is 0 Å². The number of halogens is 4. The van der Waals surface area contributed by atoms with E-state index in [1.807, 2.05) is 36.4 Å². The van der Waals surface area contributed by atoms with Crippen LogP contribution in [0.15, 0.2) is 83.3 Å². The maximum atomic E-state index is 14.1. The number of hydrogen-bond acceptors (Lipinski definition) is 4. The average molecular weight is 681 g/mol. The molecule has 1 saturated carbocycles. The minimum atomic E-state index is -4.71. The summed E-state index contributed by atoms with van der Waals surface area (Å²) in [4.78, 5) is 29.3. The lowest BCUT2D eigenvalue weighted by Gasteiger charge is -2.34. The molecule has 3 aromatic carbocycles. The van der Waals surface area contributed by atoms with Crippen LogP contribution in [0.1, 0.15) is 42.4 Å². The second kappa shape index (κ2) is 13.9. The molecule has 1 aliphatic carbocycles. The van der Waals surface area contributed by atoms with Gasteiger partial charge in [0.25, 0.3) is 0 Å². The molecule has 1 aliphatic rings. The van der Waals surface area contributed by atoms with E-state index >= 15 is 0 Å². The van der Waals surface area contributed by atoms with E-state index in [0.29, 0.717) is 15.9 Å². The second-order valence-electron chi connectivity index (χ2n) is 10.7. The first-order valence-corrected chi connectivity index (χ1v) is 16.5. The number of rotatable bonds is 11. The zero-order valence-corrected chi connectivity index (χ0v) is 26.0. The van der Waals surface area contributed by atoms with Crippen molar-refractivity contribution in [3.05, 3.63) is 100 Å². The summed E-state index contributed by atoms with van der Waals surface area (Å²) in [6.07, 6.45) is -0.129. The molecular formula is C31H33BrF3N3O4S. The van der Waals surface area contributed by atoms with Crippen LogP contribution in [0.5, 0.6) is 0 Å². The van der Waals surface area contributed by atoms with Gasteiger partial charge in [-0.25, -0.2) is 8.42 Å². The molecule has 1 fully saturated rings. The van der Waals surface area contributed by atoms with E-state index in [4.69, 9.17) is 0 Å². The lowest BCUT2D eigenvalue weighted by molar-refractivity contribution is -0.140. The Bertz CT molecular complexity index is 1530. The van der Waals surface area contributed by atoms with Crippen LogP contribution < -0.4 is 9.62 Å². The molecule has 0 radical (unpaired) electrons. The predicted molar refractivity (Wildman–Crippen MR) is 163 cm³/mol. The maximum Gasteiger partial charge on any atom is 0.416 e. The summed E-state index contributed by atoms with van der Waals surface area (Å²) in [6.45, 7) is -0.829. The van der Waals surface area contributed by atoms with Gasteiger partial charge in [-0.1, -0.05) is 77.3 Å². The Kier molecular flexibility index (Phi) is 10.5. The summed E-state index contributed by atoms with van der Waals surface area (Å²) in [5, 5.41) is 3.07. The highest BCUT2D eigenvalue weighted by atomic mass is 79.9. The van der Waals surface area contributed by atoms with Crippen LogP contribution >= 0.6 is 15.9 Å². The van der Waals surface area contributed by atoms with Crippen molar-refractivity contribution in [3.63, 3.8) is 0 Å². The van der Waals surface area contributed by atoms with E-state index in [2.05, 4.69) is 21.2 Å². The third-order valence-corrected chi connectivity index (χ3v) is 8.99. The lowest BCUT2D eigenvalue weighted by Crippen LogP contribution is -2.54. The van der Waals surface area contributed by atoms with Crippen molar-refractivity contribution < 1.29 is 31.2 Å². The minimum Gasteiger partial charge on any atom is -0.352 e. The molecule has 2 amide bonds. The Morgan fingerprint density at radius 3 is 2.23 bits per heavy atom. The van der Waals surface area contributed by atoms with Gasteiger partial charge >= 0.3 is 6.18 Å². The van der Waals surface area contributed by atoms with Crippen molar-refractivity contribution in [1.29, 1.82) is 0 Å². The average Bonchev–Trinajstić information content (AvgIpc) is 3.46. The molecular weight excluding hydrogens is 647 g/mol. The fourth-order valence-electron chi connectivity index (χ4n) is 5.20. The van der Waals surface area contributed by atoms with Crippen LogP contribution in [-0.2, 0) is 38.8 Å². The normalized spacial score (nSPS) is 14.7. The fraction of sp³-hybridized carbons (Fsp3) is 0.355. The summed E-state index contributed by atoms with van der Waals surface area (Å²) in [7, 11) is -4.20. The quantitative estimate of drug-likeness (QED) is 0.272. The molecule has 0 aromatic heterocycles. The second-order valence-corrected chi connectivity index (χ2v) is 13.5. The van der Waals surface area contributed by atoms with Crippen molar-refractivity contribution in [1.82, 2.24) is 10.2 Å². The summed E-state index contributed by atoms with van der Waals surface area (Å²) in [6, 6.07) is 19.1. The molecule has 230 valence electrons. The number of amides is 2. The van der Waals surface area contributed by atoms with Gasteiger partial charge in [0.1, 0.15) is 12.6 Å². The molecule has 12 heteroatoms. The van der Waals surface area contributed by atoms with Gasteiger partial charge < -0.3 is 10.2 Å². The molecule has 0 aliphatic heterocycles. The molecule has 4 rings (SSSR count). The van der Waals surface area contributed by atoms with Crippen LogP contribution in [0.2, 0.25) is 0 Å². The van der Waals surface area contributed by atoms with Crippen LogP contribution in [0.25, 0.3) is 0 Å². The van der Waals surface area contributed by atoms with Gasteiger partial charge in [-0.2, -0.15) is 13.2 Å². The molecule has 1 atom stereocenters. The number of carbonyl (C=O) groups is 2. The number of alkyl halides is 3. The zero-order chi connectivity index (χ0) is 31.2. The molecule has 1 unspecified atom stereocenters. The Balaban J connectivity index is 1.74. The fourth-order valence-corrected chi connectivity index (χ4v) is 6.49. The molecule has 43 heavy (non-hydrogen) atoms. The SMILES string of the molecule is CS(=O)(=O)N(CC(=O)N(Cc1cccc(Br)c1)C(Cc1ccccc1)C(=O)NC1CCCC1)c1cccc(C(F)(F)F)c1. The van der Waals surface area contributed by atoms with E-state index < -0.39 is 40.3 Å². The number of benzene rings is 3. The van der Waals surface area contributed by atoms with Gasteiger partial charge in [0.2, 0.25) is 21.8 Å². The number of nitrogens with one attached hydrogen (secondary N) is 1. The van der Waals surface area contributed by atoms with Crippen LogP contribution in [0, 0.1) is 0 Å². The van der Waals surface area contributed by atoms with Gasteiger partial charge in [-0.3, -0.25) is 13.9 Å².